The van der Waals surface area contributed by atoms with Crippen molar-refractivity contribution in [1.82, 2.24) is 0 Å². The van der Waals surface area contributed by atoms with E-state index >= 15 is 0 Å². The van der Waals surface area contributed by atoms with Crippen LogP contribution in [0.25, 0.3) is 0 Å². The number of hydrogen-bond donors (Lipinski definition) is 1. The van der Waals surface area contributed by atoms with Crippen LogP contribution in [0.2, 0.25) is 0 Å². The first kappa shape index (κ1) is 9.59. The molecule has 0 aliphatic heterocycles. The van der Waals surface area contributed by atoms with Gasteiger partial charge >= 0.3 is 0 Å². The molecule has 12 heavy (non-hydrogen) atoms. The maximum atomic E-state index is 9.29. The van der Waals surface area contributed by atoms with Crippen LogP contribution in [0, 0.1) is 5.92 Å². The van der Waals surface area contributed by atoms with E-state index in [1.165, 1.54) is 0 Å². The lowest BCUT2D eigenvalue weighted by molar-refractivity contribution is 0.0997. The summed E-state index contributed by atoms with van der Waals surface area (Å²) in [6, 6.07) is 0. The van der Waals surface area contributed by atoms with Crippen molar-refractivity contribution >= 4 is 0 Å². The van der Waals surface area contributed by atoms with Crippen molar-refractivity contribution in [2.24, 2.45) is 5.92 Å². The van der Waals surface area contributed by atoms with Crippen LogP contribution in [0.4, 0.5) is 0 Å². The SMILES string of the molecule is C/C=C(\OC)C1CCC(O)CC1. The molecule has 1 rings (SSSR count). The van der Waals surface area contributed by atoms with Crippen molar-refractivity contribution in [3.63, 3.8) is 0 Å². The first-order valence-electron chi connectivity index (χ1n) is 4.66. The number of ether oxygens (including phenoxy) is 1. The average Bonchev–Trinajstić information content (AvgIpc) is 2.10. The zero-order valence-corrected chi connectivity index (χ0v) is 7.92. The lowest BCUT2D eigenvalue weighted by Gasteiger charge is -2.26. The Morgan fingerprint density at radius 2 is 1.92 bits per heavy atom. The van der Waals surface area contributed by atoms with E-state index in [1.54, 1.807) is 7.11 Å². The molecule has 1 fully saturated rings. The molecular weight excluding hydrogens is 152 g/mol. The monoisotopic (exact) mass is 170 g/mol. The number of allylic oxidation sites excluding steroid dienone is 2. The molecule has 0 bridgehead atoms. The molecule has 0 spiro atoms. The summed E-state index contributed by atoms with van der Waals surface area (Å²) in [6.45, 7) is 2.00. The second kappa shape index (κ2) is 4.51. The fraction of sp³-hybridized carbons (Fsp3) is 0.800. The van der Waals surface area contributed by atoms with Crippen LogP contribution < -0.4 is 0 Å². The molecule has 0 aromatic heterocycles. The summed E-state index contributed by atoms with van der Waals surface area (Å²) in [5, 5.41) is 9.29. The van der Waals surface area contributed by atoms with Gasteiger partial charge in [-0.15, -0.1) is 0 Å². The lowest BCUT2D eigenvalue weighted by atomic mass is 9.86. The predicted octanol–water partition coefficient (Wildman–Crippen LogP) is 2.09. The Bertz CT molecular complexity index is 155. The highest BCUT2D eigenvalue weighted by molar-refractivity contribution is 4.98. The first-order valence-corrected chi connectivity index (χ1v) is 4.66. The number of aliphatic hydroxyl groups is 1. The average molecular weight is 170 g/mol. The van der Waals surface area contributed by atoms with Crippen molar-refractivity contribution < 1.29 is 9.84 Å². The largest absolute Gasteiger partial charge is 0.501 e. The molecule has 1 aliphatic carbocycles. The third-order valence-electron chi connectivity index (χ3n) is 2.62. The van der Waals surface area contributed by atoms with Crippen molar-refractivity contribution in [2.45, 2.75) is 38.7 Å². The first-order chi connectivity index (χ1) is 5.77. The molecule has 2 heteroatoms. The molecule has 1 aliphatic rings. The summed E-state index contributed by atoms with van der Waals surface area (Å²) in [4.78, 5) is 0. The van der Waals surface area contributed by atoms with E-state index in [1.807, 2.05) is 13.0 Å². The molecule has 0 unspecified atom stereocenters. The van der Waals surface area contributed by atoms with Gasteiger partial charge in [-0.2, -0.15) is 0 Å². The molecule has 0 radical (unpaired) electrons. The fourth-order valence-corrected chi connectivity index (χ4v) is 1.88. The van der Waals surface area contributed by atoms with Gasteiger partial charge in [0.2, 0.25) is 0 Å². The molecule has 2 nitrogen and oxygen atoms in total. The molecule has 1 saturated carbocycles. The second-order valence-corrected chi connectivity index (χ2v) is 3.40. The van der Waals surface area contributed by atoms with E-state index < -0.39 is 0 Å². The maximum absolute atomic E-state index is 9.29. The van der Waals surface area contributed by atoms with Crippen LogP contribution in [0.3, 0.4) is 0 Å². The summed E-state index contributed by atoms with van der Waals surface area (Å²) in [7, 11) is 1.72. The highest BCUT2D eigenvalue weighted by atomic mass is 16.5. The number of rotatable bonds is 2. The fourth-order valence-electron chi connectivity index (χ4n) is 1.88. The smallest absolute Gasteiger partial charge is 0.0943 e. The minimum atomic E-state index is -0.0730. The normalized spacial score (nSPS) is 31.8. The molecule has 70 valence electrons. The Hall–Kier alpha value is -0.500. The topological polar surface area (TPSA) is 29.5 Å². The number of methoxy groups -OCH3 is 1. The molecular formula is C10H18O2. The van der Waals surface area contributed by atoms with E-state index in [0.29, 0.717) is 5.92 Å². The van der Waals surface area contributed by atoms with E-state index in [9.17, 15) is 5.11 Å². The standard InChI is InChI=1S/C10H18O2/c1-3-10(12-2)8-4-6-9(11)7-5-8/h3,8-9,11H,4-7H2,1-2H3/b10-3-. The van der Waals surface area contributed by atoms with Crippen molar-refractivity contribution in [3.05, 3.63) is 11.8 Å². The lowest BCUT2D eigenvalue weighted by Crippen LogP contribution is -2.20. The third-order valence-corrected chi connectivity index (χ3v) is 2.62. The molecule has 0 saturated heterocycles. The number of hydrogen-bond acceptors (Lipinski definition) is 2. The molecule has 0 heterocycles. The zero-order chi connectivity index (χ0) is 8.97. The van der Waals surface area contributed by atoms with Crippen LogP contribution in [0.15, 0.2) is 11.8 Å². The second-order valence-electron chi connectivity index (χ2n) is 3.40. The van der Waals surface area contributed by atoms with Crippen LogP contribution in [0.1, 0.15) is 32.6 Å². The maximum Gasteiger partial charge on any atom is 0.0943 e. The van der Waals surface area contributed by atoms with E-state index in [0.717, 1.165) is 31.4 Å². The van der Waals surface area contributed by atoms with Gasteiger partial charge in [-0.3, -0.25) is 0 Å². The molecule has 0 aromatic carbocycles. The molecule has 0 atom stereocenters. The Kier molecular flexibility index (Phi) is 3.60. The highest BCUT2D eigenvalue weighted by Crippen LogP contribution is 2.29. The quantitative estimate of drug-likeness (QED) is 0.643. The van der Waals surface area contributed by atoms with Gasteiger partial charge in [0.25, 0.3) is 0 Å². The van der Waals surface area contributed by atoms with Gasteiger partial charge in [-0.1, -0.05) is 0 Å². The third kappa shape index (κ3) is 2.24. The highest BCUT2D eigenvalue weighted by Gasteiger charge is 2.22. The van der Waals surface area contributed by atoms with Gasteiger partial charge in [-0.25, -0.2) is 0 Å². The van der Waals surface area contributed by atoms with E-state index in [4.69, 9.17) is 4.74 Å². The minimum Gasteiger partial charge on any atom is -0.501 e. The van der Waals surface area contributed by atoms with Crippen LogP contribution in [-0.2, 0) is 4.74 Å². The van der Waals surface area contributed by atoms with Gasteiger partial charge in [0.1, 0.15) is 0 Å². The summed E-state index contributed by atoms with van der Waals surface area (Å²) in [5.74, 6) is 1.63. The van der Waals surface area contributed by atoms with Gasteiger partial charge in [-0.05, 0) is 38.7 Å². The zero-order valence-electron chi connectivity index (χ0n) is 7.92. The van der Waals surface area contributed by atoms with Crippen molar-refractivity contribution in [3.8, 4) is 0 Å². The van der Waals surface area contributed by atoms with Crippen molar-refractivity contribution in [1.29, 1.82) is 0 Å². The Morgan fingerprint density at radius 3 is 2.33 bits per heavy atom. The van der Waals surface area contributed by atoms with Gasteiger partial charge in [0, 0.05) is 5.92 Å². The molecule has 1 N–H and O–H groups in total. The van der Waals surface area contributed by atoms with Crippen molar-refractivity contribution in [2.75, 3.05) is 7.11 Å². The summed E-state index contributed by atoms with van der Waals surface area (Å²) in [5.41, 5.74) is 0. The van der Waals surface area contributed by atoms with Crippen LogP contribution in [0.5, 0.6) is 0 Å². The van der Waals surface area contributed by atoms with Gasteiger partial charge in [0.05, 0.1) is 19.0 Å². The molecule has 0 amide bonds. The van der Waals surface area contributed by atoms with E-state index in [-0.39, 0.29) is 6.10 Å². The Labute approximate surface area is 74.2 Å². The minimum absolute atomic E-state index is 0.0730. The summed E-state index contributed by atoms with van der Waals surface area (Å²) >= 11 is 0. The van der Waals surface area contributed by atoms with Crippen LogP contribution in [-0.4, -0.2) is 18.3 Å². The molecule has 0 aromatic rings. The predicted molar refractivity (Wildman–Crippen MR) is 48.7 cm³/mol. The Balaban J connectivity index is 2.43. The van der Waals surface area contributed by atoms with Crippen LogP contribution >= 0.6 is 0 Å². The van der Waals surface area contributed by atoms with E-state index in [2.05, 4.69) is 0 Å². The van der Waals surface area contributed by atoms with Gasteiger partial charge < -0.3 is 9.84 Å². The number of aliphatic hydroxyl groups excluding tert-OH is 1. The summed E-state index contributed by atoms with van der Waals surface area (Å²) < 4.78 is 5.25. The Morgan fingerprint density at radius 1 is 1.33 bits per heavy atom. The summed E-state index contributed by atoms with van der Waals surface area (Å²) in [6.07, 6.45) is 5.93. The van der Waals surface area contributed by atoms with Gasteiger partial charge in [0.15, 0.2) is 0 Å².